The van der Waals surface area contributed by atoms with Gasteiger partial charge in [0.05, 0.1) is 11.4 Å². The van der Waals surface area contributed by atoms with Crippen LogP contribution in [0.5, 0.6) is 0 Å². The van der Waals surface area contributed by atoms with Gasteiger partial charge in [-0.25, -0.2) is 13.4 Å². The second kappa shape index (κ2) is 8.37. The average Bonchev–Trinajstić information content (AvgIpc) is 3.13. The Kier molecular flexibility index (Phi) is 5.91. The Balaban J connectivity index is 1.56. The van der Waals surface area contributed by atoms with E-state index in [-0.39, 0.29) is 17.3 Å². The number of nitrogens with one attached hydrogen (secondary N) is 1. The largest absolute Gasteiger partial charge is 0.351 e. The van der Waals surface area contributed by atoms with Gasteiger partial charge in [-0.3, -0.25) is 4.79 Å². The maximum Gasteiger partial charge on any atom is 0.243 e. The lowest BCUT2D eigenvalue weighted by Gasteiger charge is -2.17. The van der Waals surface area contributed by atoms with Gasteiger partial charge in [0.15, 0.2) is 0 Å². The summed E-state index contributed by atoms with van der Waals surface area (Å²) in [6.45, 7) is 2.00. The number of amides is 1. The molecule has 0 radical (unpaired) electrons. The number of aromatic nitrogens is 2. The number of imidazole rings is 1. The normalized spacial score (nSPS) is 11.5. The van der Waals surface area contributed by atoms with Crippen LogP contribution in [-0.2, 0) is 21.4 Å². The van der Waals surface area contributed by atoms with Gasteiger partial charge in [-0.2, -0.15) is 4.31 Å². The molecule has 0 fully saturated rings. The maximum absolute atomic E-state index is 12.5. The first-order chi connectivity index (χ1) is 13.4. The molecule has 0 unspecified atom stereocenters. The lowest BCUT2D eigenvalue weighted by atomic mass is 10.2. The average molecular weight is 398 g/mol. The highest BCUT2D eigenvalue weighted by Gasteiger charge is 2.22. The molecule has 7 nitrogen and oxygen atoms in total. The predicted octanol–water partition coefficient (Wildman–Crippen LogP) is 2.12. The van der Waals surface area contributed by atoms with E-state index >= 15 is 0 Å². The molecule has 2 aromatic carbocycles. The lowest BCUT2D eigenvalue weighted by molar-refractivity contribution is -0.121. The van der Waals surface area contributed by atoms with Crippen molar-refractivity contribution in [2.45, 2.75) is 18.4 Å². The smallest absolute Gasteiger partial charge is 0.243 e. The quantitative estimate of drug-likeness (QED) is 0.661. The topological polar surface area (TPSA) is 84.3 Å². The van der Waals surface area contributed by atoms with Crippen LogP contribution in [0.15, 0.2) is 71.9 Å². The van der Waals surface area contributed by atoms with Crippen molar-refractivity contribution >= 4 is 15.9 Å². The Morgan fingerprint density at radius 1 is 1.11 bits per heavy atom. The first kappa shape index (κ1) is 19.8. The molecule has 0 aliphatic carbocycles. The third-order valence-corrected chi connectivity index (χ3v) is 6.17. The van der Waals surface area contributed by atoms with Crippen LogP contribution in [-0.4, -0.2) is 41.8 Å². The number of hydrogen-bond donors (Lipinski definition) is 1. The second-order valence-electron chi connectivity index (χ2n) is 6.36. The maximum atomic E-state index is 12.5. The fourth-order valence-electron chi connectivity index (χ4n) is 2.74. The minimum atomic E-state index is -3.69. The van der Waals surface area contributed by atoms with E-state index in [0.29, 0.717) is 6.54 Å². The van der Waals surface area contributed by atoms with E-state index in [4.69, 9.17) is 0 Å². The zero-order chi connectivity index (χ0) is 20.1. The molecule has 0 aliphatic rings. The summed E-state index contributed by atoms with van der Waals surface area (Å²) >= 11 is 0. The number of nitrogens with zero attached hydrogens (tertiary/aromatic N) is 3. The highest BCUT2D eigenvalue weighted by Crippen LogP contribution is 2.14. The van der Waals surface area contributed by atoms with Gasteiger partial charge < -0.3 is 9.88 Å². The standard InChI is InChI=1S/C20H22N4O3S/c1-16-21-12-13-24(16)18-10-8-17(9-11-18)14-22-20(25)15-23(2)28(26,27)19-6-4-3-5-7-19/h3-13H,14-15H2,1-2H3,(H,22,25). The summed E-state index contributed by atoms with van der Waals surface area (Å²) in [4.78, 5) is 16.5. The summed E-state index contributed by atoms with van der Waals surface area (Å²) in [7, 11) is -2.29. The van der Waals surface area contributed by atoms with Gasteiger partial charge in [0.25, 0.3) is 0 Å². The Labute approximate surface area is 164 Å². The van der Waals surface area contributed by atoms with Crippen LogP contribution in [0.4, 0.5) is 0 Å². The van der Waals surface area contributed by atoms with Gasteiger partial charge in [-0.05, 0) is 36.8 Å². The van der Waals surface area contributed by atoms with E-state index in [1.54, 1.807) is 24.4 Å². The van der Waals surface area contributed by atoms with Crippen molar-refractivity contribution < 1.29 is 13.2 Å². The minimum Gasteiger partial charge on any atom is -0.351 e. The molecule has 0 spiro atoms. The number of benzene rings is 2. The van der Waals surface area contributed by atoms with Crippen LogP contribution in [0.3, 0.4) is 0 Å². The molecule has 8 heteroatoms. The Hall–Kier alpha value is -2.97. The minimum absolute atomic E-state index is 0.163. The van der Waals surface area contributed by atoms with E-state index in [0.717, 1.165) is 21.4 Å². The molecule has 0 aliphatic heterocycles. The number of aryl methyl sites for hydroxylation is 1. The molecule has 1 aromatic heterocycles. The SMILES string of the molecule is Cc1nccn1-c1ccc(CNC(=O)CN(C)S(=O)(=O)c2ccccc2)cc1. The number of sulfonamides is 1. The first-order valence-electron chi connectivity index (χ1n) is 8.75. The zero-order valence-corrected chi connectivity index (χ0v) is 16.6. The fourth-order valence-corrected chi connectivity index (χ4v) is 3.89. The number of rotatable bonds is 7. The van der Waals surface area contributed by atoms with E-state index in [2.05, 4.69) is 10.3 Å². The van der Waals surface area contributed by atoms with Crippen molar-refractivity contribution in [3.8, 4) is 5.69 Å². The Bertz CT molecular complexity index is 1040. The molecule has 146 valence electrons. The molecular weight excluding hydrogens is 376 g/mol. The first-order valence-corrected chi connectivity index (χ1v) is 10.2. The molecule has 0 saturated carbocycles. The molecule has 1 N–H and O–H groups in total. The number of hydrogen-bond acceptors (Lipinski definition) is 4. The van der Waals surface area contributed by atoms with Crippen molar-refractivity contribution in [2.75, 3.05) is 13.6 Å². The second-order valence-corrected chi connectivity index (χ2v) is 8.41. The molecule has 28 heavy (non-hydrogen) atoms. The van der Waals surface area contributed by atoms with Gasteiger partial charge in [0.1, 0.15) is 5.82 Å². The van der Waals surface area contributed by atoms with Crippen LogP contribution in [0, 0.1) is 6.92 Å². The van der Waals surface area contributed by atoms with Crippen LogP contribution in [0.25, 0.3) is 5.69 Å². The van der Waals surface area contributed by atoms with Gasteiger partial charge in [-0.15, -0.1) is 0 Å². The van der Waals surface area contributed by atoms with E-state index in [1.165, 1.54) is 19.2 Å². The molecule has 1 amide bonds. The fraction of sp³-hybridized carbons (Fsp3) is 0.200. The highest BCUT2D eigenvalue weighted by molar-refractivity contribution is 7.89. The molecule has 1 heterocycles. The van der Waals surface area contributed by atoms with Crippen molar-refractivity contribution in [1.82, 2.24) is 19.2 Å². The number of likely N-dealkylation sites (N-methyl/N-ethyl adjacent to an activating group) is 1. The van der Waals surface area contributed by atoms with Crippen LogP contribution in [0.1, 0.15) is 11.4 Å². The molecule has 0 saturated heterocycles. The van der Waals surface area contributed by atoms with E-state index in [1.807, 2.05) is 42.0 Å². The summed E-state index contributed by atoms with van der Waals surface area (Å²) in [5.41, 5.74) is 1.90. The summed E-state index contributed by atoms with van der Waals surface area (Å²) < 4.78 is 27.9. The van der Waals surface area contributed by atoms with Crippen molar-refractivity contribution in [3.63, 3.8) is 0 Å². The zero-order valence-electron chi connectivity index (χ0n) is 15.7. The Morgan fingerprint density at radius 2 is 1.79 bits per heavy atom. The molecular formula is C20H22N4O3S. The van der Waals surface area contributed by atoms with Gasteiger partial charge in [0.2, 0.25) is 15.9 Å². The van der Waals surface area contributed by atoms with E-state index < -0.39 is 10.0 Å². The van der Waals surface area contributed by atoms with Crippen molar-refractivity contribution in [1.29, 1.82) is 0 Å². The summed E-state index contributed by atoms with van der Waals surface area (Å²) in [5, 5.41) is 2.75. The monoisotopic (exact) mass is 398 g/mol. The molecule has 0 atom stereocenters. The van der Waals surface area contributed by atoms with Gasteiger partial charge in [0, 0.05) is 31.7 Å². The number of carbonyl (C=O) groups excluding carboxylic acids is 1. The van der Waals surface area contributed by atoms with Crippen LogP contribution >= 0.6 is 0 Å². The summed E-state index contributed by atoms with van der Waals surface area (Å²) in [6.07, 6.45) is 3.62. The van der Waals surface area contributed by atoms with Crippen LogP contribution in [0.2, 0.25) is 0 Å². The van der Waals surface area contributed by atoms with Crippen molar-refractivity contribution in [2.24, 2.45) is 0 Å². The third-order valence-electron chi connectivity index (χ3n) is 4.35. The van der Waals surface area contributed by atoms with Crippen LogP contribution < -0.4 is 5.32 Å². The molecule has 0 bridgehead atoms. The Morgan fingerprint density at radius 3 is 2.39 bits per heavy atom. The predicted molar refractivity (Wildman–Crippen MR) is 106 cm³/mol. The molecule has 3 aromatic rings. The summed E-state index contributed by atoms with van der Waals surface area (Å²) in [6, 6.07) is 15.8. The molecule has 3 rings (SSSR count). The van der Waals surface area contributed by atoms with Crippen molar-refractivity contribution in [3.05, 3.63) is 78.4 Å². The number of carbonyl (C=O) groups is 1. The summed E-state index contributed by atoms with van der Waals surface area (Å²) in [5.74, 6) is 0.528. The van der Waals surface area contributed by atoms with Gasteiger partial charge >= 0.3 is 0 Å². The third kappa shape index (κ3) is 4.47. The lowest BCUT2D eigenvalue weighted by Crippen LogP contribution is -2.38. The van der Waals surface area contributed by atoms with E-state index in [9.17, 15) is 13.2 Å². The highest BCUT2D eigenvalue weighted by atomic mass is 32.2. The van der Waals surface area contributed by atoms with Gasteiger partial charge in [-0.1, -0.05) is 30.3 Å².